The van der Waals surface area contributed by atoms with Crippen LogP contribution in [0.2, 0.25) is 0 Å². The lowest BCUT2D eigenvalue weighted by molar-refractivity contribution is 1.03. The molecule has 0 aliphatic heterocycles. The van der Waals surface area contributed by atoms with Crippen LogP contribution in [0.25, 0.3) is 67.1 Å². The van der Waals surface area contributed by atoms with Crippen molar-refractivity contribution in [3.05, 3.63) is 209 Å². The summed E-state index contributed by atoms with van der Waals surface area (Å²) < 4.78 is 0. The van der Waals surface area contributed by atoms with Crippen molar-refractivity contribution in [1.29, 1.82) is 0 Å². The second-order valence-electron chi connectivity index (χ2n) is 14.6. The highest BCUT2D eigenvalue weighted by atomic mass is 32.3. The van der Waals surface area contributed by atoms with Gasteiger partial charge in [0.05, 0.1) is 0 Å². The lowest BCUT2D eigenvalue weighted by Gasteiger charge is -2.43. The van der Waals surface area contributed by atoms with Crippen molar-refractivity contribution in [1.82, 2.24) is 0 Å². The summed E-state index contributed by atoms with van der Waals surface area (Å²) >= 11 is 0. The normalized spacial score (nSPS) is 14.1. The Hall–Kier alpha value is -6.15. The molecule has 0 heterocycles. The van der Waals surface area contributed by atoms with Gasteiger partial charge in [-0.2, -0.15) is 0 Å². The molecule has 8 aromatic carbocycles. The Balaban J connectivity index is 1.34. The average molecular weight is 723 g/mol. The second kappa shape index (κ2) is 14.3. The van der Waals surface area contributed by atoms with Gasteiger partial charge in [-0.3, -0.25) is 0 Å². The maximum Gasteiger partial charge on any atom is 0.00294 e. The Kier molecular flexibility index (Phi) is 8.66. The van der Waals surface area contributed by atoms with Crippen molar-refractivity contribution >= 4 is 43.7 Å². The first-order valence-electron chi connectivity index (χ1n) is 19.6. The van der Waals surface area contributed by atoms with Crippen molar-refractivity contribution in [3.8, 4) is 33.4 Å². The van der Waals surface area contributed by atoms with E-state index in [2.05, 4.69) is 206 Å². The Morgan fingerprint density at radius 3 is 1.64 bits per heavy atom. The predicted molar refractivity (Wildman–Crippen MR) is 237 cm³/mol. The molecule has 0 nitrogen and oxygen atoms in total. The minimum Gasteiger partial charge on any atom is -0.133 e. The van der Waals surface area contributed by atoms with Crippen LogP contribution in [-0.4, -0.2) is 0 Å². The van der Waals surface area contributed by atoms with Crippen LogP contribution in [0.15, 0.2) is 214 Å². The Labute approximate surface area is 325 Å². The lowest BCUT2D eigenvalue weighted by Crippen LogP contribution is -2.31. The molecule has 0 saturated carbocycles. The van der Waals surface area contributed by atoms with Gasteiger partial charge in [-0.05, 0) is 132 Å². The van der Waals surface area contributed by atoms with Crippen LogP contribution < -0.4 is 10.4 Å². The van der Waals surface area contributed by atoms with Crippen LogP contribution in [0.1, 0.15) is 25.7 Å². The molecule has 55 heavy (non-hydrogen) atoms. The highest BCUT2D eigenvalue weighted by molar-refractivity contribution is 8.37. The molecule has 0 bridgehead atoms. The number of hydrogen-bond acceptors (Lipinski definition) is 0. The monoisotopic (exact) mass is 722 g/mol. The molecule has 1 heteroatoms. The van der Waals surface area contributed by atoms with Crippen LogP contribution in [0.4, 0.5) is 0 Å². The van der Waals surface area contributed by atoms with E-state index in [1.807, 2.05) is 0 Å². The predicted octanol–water partition coefficient (Wildman–Crippen LogP) is 13.9. The van der Waals surface area contributed by atoms with Gasteiger partial charge in [0.2, 0.25) is 0 Å². The number of hydrogen-bond donors (Lipinski definition) is 0. The van der Waals surface area contributed by atoms with Gasteiger partial charge in [-0.15, -0.1) is 10.0 Å². The summed E-state index contributed by atoms with van der Waals surface area (Å²) in [6, 6.07) is 65.8. The molecule has 0 spiro atoms. The molecule has 2 aliphatic carbocycles. The fraction of sp³-hybridized carbons (Fsp3) is 0.0741. The smallest absolute Gasteiger partial charge is 0.00294 e. The van der Waals surface area contributed by atoms with Crippen LogP contribution in [0.5, 0.6) is 0 Å². The summed E-state index contributed by atoms with van der Waals surface area (Å²) in [4.78, 5) is 5.50. The summed E-state index contributed by atoms with van der Waals surface area (Å²) in [5.74, 6) is 0. The molecule has 0 amide bonds. The van der Waals surface area contributed by atoms with Crippen molar-refractivity contribution < 1.29 is 0 Å². The molecule has 0 aromatic heterocycles. The summed E-state index contributed by atoms with van der Waals surface area (Å²) in [5, 5.41) is 7.87. The van der Waals surface area contributed by atoms with Gasteiger partial charge >= 0.3 is 0 Å². The Morgan fingerprint density at radius 2 is 0.945 bits per heavy atom. The van der Waals surface area contributed by atoms with Crippen LogP contribution in [-0.2, 0) is 0 Å². The second-order valence-corrected chi connectivity index (χ2v) is 17.7. The molecular weight excluding hydrogens is 681 g/mol. The molecule has 0 saturated heterocycles. The van der Waals surface area contributed by atoms with Crippen LogP contribution in [0.3, 0.4) is 0 Å². The van der Waals surface area contributed by atoms with E-state index in [9.17, 15) is 0 Å². The molecule has 0 N–H and O–H groups in total. The Bertz CT molecular complexity index is 2840. The van der Waals surface area contributed by atoms with E-state index in [1.54, 1.807) is 0 Å². The molecule has 0 fully saturated rings. The third-order valence-corrected chi connectivity index (χ3v) is 15.4. The van der Waals surface area contributed by atoms with Gasteiger partial charge in [-0.1, -0.05) is 170 Å². The van der Waals surface area contributed by atoms with E-state index in [4.69, 9.17) is 0 Å². The number of allylic oxidation sites excluding steroid dienone is 3. The van der Waals surface area contributed by atoms with Crippen molar-refractivity contribution in [2.45, 2.75) is 40.4 Å². The quantitative estimate of drug-likeness (QED) is 0.154. The standard InChI is InChI=1S/C54H42S/c1-5-18-39(19-6-1)40-32-34-42(35-33-40)53-49-29-15-16-30-50(49)54(48-31-17-21-41-20-13-14-28-47(41)48)52-38-46(36-37-51(52)53)55(43-22-7-2-8-23-43,44-24-9-3-10-25-44)45-26-11-4-12-27-45/h1-3,5-11,13-14,17-38H,4,12,15-16H2. The highest BCUT2D eigenvalue weighted by Crippen LogP contribution is 2.74. The van der Waals surface area contributed by atoms with Gasteiger partial charge in [0, 0.05) is 14.7 Å². The average Bonchev–Trinajstić information content (AvgIpc) is 3.27. The maximum atomic E-state index is 2.59. The third kappa shape index (κ3) is 5.70. The molecule has 0 radical (unpaired) electrons. The van der Waals surface area contributed by atoms with Gasteiger partial charge in [0.1, 0.15) is 0 Å². The first-order valence-corrected chi connectivity index (χ1v) is 21.2. The fourth-order valence-electron chi connectivity index (χ4n) is 8.96. The van der Waals surface area contributed by atoms with E-state index in [-0.39, 0.29) is 0 Å². The first kappa shape index (κ1) is 33.4. The van der Waals surface area contributed by atoms with Gasteiger partial charge in [0.25, 0.3) is 0 Å². The topological polar surface area (TPSA) is 0 Å². The number of rotatable bonds is 7. The molecule has 2 aliphatic rings. The van der Waals surface area contributed by atoms with E-state index in [0.29, 0.717) is 0 Å². The van der Waals surface area contributed by atoms with Crippen LogP contribution in [0, 0.1) is 0 Å². The summed E-state index contributed by atoms with van der Waals surface area (Å²) in [5.41, 5.74) is 7.70. The largest absolute Gasteiger partial charge is 0.133 e. The Morgan fingerprint density at radius 1 is 0.364 bits per heavy atom. The maximum absolute atomic E-state index is 2.59. The highest BCUT2D eigenvalue weighted by Gasteiger charge is 2.35. The van der Waals surface area contributed by atoms with E-state index in [0.717, 1.165) is 25.7 Å². The zero-order valence-electron chi connectivity index (χ0n) is 30.9. The number of fused-ring (bicyclic) bond motifs is 3. The number of benzene rings is 8. The summed E-state index contributed by atoms with van der Waals surface area (Å²) in [6.45, 7) is 0. The van der Waals surface area contributed by atoms with Crippen LogP contribution >= 0.6 is 10.0 Å². The van der Waals surface area contributed by atoms with Crippen molar-refractivity contribution in [3.63, 3.8) is 0 Å². The lowest BCUT2D eigenvalue weighted by atomic mass is 9.85. The van der Waals surface area contributed by atoms with E-state index >= 15 is 0 Å². The fourth-order valence-corrected chi connectivity index (χ4v) is 13.0. The molecular formula is C54H42S. The third-order valence-electron chi connectivity index (χ3n) is 11.4. The molecule has 264 valence electrons. The van der Waals surface area contributed by atoms with Crippen molar-refractivity contribution in [2.75, 3.05) is 0 Å². The molecule has 10 rings (SSSR count). The minimum atomic E-state index is -1.85. The van der Waals surface area contributed by atoms with E-state index < -0.39 is 10.0 Å². The zero-order chi connectivity index (χ0) is 36.6. The van der Waals surface area contributed by atoms with Gasteiger partial charge in [-0.25, -0.2) is 0 Å². The van der Waals surface area contributed by atoms with Gasteiger partial charge in [0.15, 0.2) is 0 Å². The summed E-state index contributed by atoms with van der Waals surface area (Å²) in [7, 11) is -1.85. The van der Waals surface area contributed by atoms with Gasteiger partial charge < -0.3 is 0 Å². The van der Waals surface area contributed by atoms with E-state index in [1.165, 1.54) is 85.0 Å². The first-order chi connectivity index (χ1) is 27.3. The molecule has 0 unspecified atom stereocenters. The minimum absolute atomic E-state index is 1.03. The zero-order valence-corrected chi connectivity index (χ0v) is 31.7. The molecule has 8 aromatic rings. The van der Waals surface area contributed by atoms with Crippen molar-refractivity contribution in [2.24, 2.45) is 0 Å². The molecule has 0 atom stereocenters. The SMILES string of the molecule is C1=CC(S(c2ccccc2)(c2ccccc2)c2ccc3c(-c4ccc(-c5ccccc5)cc4)c4c(c(-c5cccc6ccccc56)c3c2)=CCCC=4)=CCC1. The summed E-state index contributed by atoms with van der Waals surface area (Å²) in [6.07, 6.45) is 16.5.